The molecule has 0 aromatic heterocycles. The number of likely N-dealkylation sites (tertiary alicyclic amines) is 1. The molecule has 3 heteroatoms. The summed E-state index contributed by atoms with van der Waals surface area (Å²) in [5.74, 6) is 2.20. The van der Waals surface area contributed by atoms with E-state index in [2.05, 4.69) is 48.5 Å². The molecule has 1 heterocycles. The van der Waals surface area contributed by atoms with Crippen LogP contribution in [0.5, 0.6) is 0 Å². The number of hydrogen-bond acceptors (Lipinski definition) is 1. The summed E-state index contributed by atoms with van der Waals surface area (Å²) < 4.78 is 0. The lowest BCUT2D eigenvalue weighted by atomic mass is 9.69. The molecule has 1 aliphatic heterocycles. The molecular formula is C17H30BrNO. The molecule has 2 rings (SSSR count). The molecule has 0 radical (unpaired) electrons. The van der Waals surface area contributed by atoms with Crippen molar-refractivity contribution in [2.24, 2.45) is 23.2 Å². The number of hydrogen-bond donors (Lipinski definition) is 0. The Morgan fingerprint density at radius 2 is 1.70 bits per heavy atom. The van der Waals surface area contributed by atoms with Crippen molar-refractivity contribution in [3.05, 3.63) is 0 Å². The van der Waals surface area contributed by atoms with E-state index in [-0.39, 0.29) is 0 Å². The monoisotopic (exact) mass is 343 g/mol. The molecule has 0 spiro atoms. The van der Waals surface area contributed by atoms with Crippen LogP contribution in [-0.2, 0) is 4.79 Å². The number of nitrogens with zero attached hydrogens (tertiary/aromatic N) is 1. The molecule has 116 valence electrons. The van der Waals surface area contributed by atoms with Gasteiger partial charge in [-0.1, -0.05) is 43.6 Å². The lowest BCUT2D eigenvalue weighted by Crippen LogP contribution is -2.46. The maximum atomic E-state index is 12.7. The van der Waals surface area contributed by atoms with Gasteiger partial charge in [0.2, 0.25) is 5.91 Å². The highest BCUT2D eigenvalue weighted by molar-refractivity contribution is 9.09. The molecule has 1 amide bonds. The first-order chi connectivity index (χ1) is 9.29. The summed E-state index contributed by atoms with van der Waals surface area (Å²) in [6, 6.07) is 0. The van der Waals surface area contributed by atoms with Crippen LogP contribution in [0, 0.1) is 23.2 Å². The second-order valence-corrected chi connectivity index (χ2v) is 9.16. The summed E-state index contributed by atoms with van der Waals surface area (Å²) in [7, 11) is 0. The maximum Gasteiger partial charge on any atom is 0.225 e. The highest BCUT2D eigenvalue weighted by Crippen LogP contribution is 2.40. The van der Waals surface area contributed by atoms with Crippen molar-refractivity contribution in [1.82, 2.24) is 4.90 Å². The largest absolute Gasteiger partial charge is 0.341 e. The summed E-state index contributed by atoms with van der Waals surface area (Å²) >= 11 is 3.73. The number of piperidine rings is 1. The van der Waals surface area contributed by atoms with Gasteiger partial charge >= 0.3 is 0 Å². The average molecular weight is 344 g/mol. The minimum atomic E-state index is 0.293. The van der Waals surface area contributed by atoms with Gasteiger partial charge in [-0.25, -0.2) is 0 Å². The minimum Gasteiger partial charge on any atom is -0.341 e. The summed E-state index contributed by atoms with van der Waals surface area (Å²) in [6.45, 7) is 11.1. The number of halogens is 1. The van der Waals surface area contributed by atoms with E-state index in [0.29, 0.717) is 28.0 Å². The van der Waals surface area contributed by atoms with E-state index in [4.69, 9.17) is 0 Å². The van der Waals surface area contributed by atoms with Crippen LogP contribution < -0.4 is 0 Å². The van der Waals surface area contributed by atoms with Crippen molar-refractivity contribution < 1.29 is 4.79 Å². The van der Waals surface area contributed by atoms with E-state index in [0.717, 1.165) is 38.3 Å². The summed E-state index contributed by atoms with van der Waals surface area (Å²) in [5.41, 5.74) is 0.398. The third kappa shape index (κ3) is 3.78. The third-order valence-electron chi connectivity index (χ3n) is 5.48. The van der Waals surface area contributed by atoms with Crippen molar-refractivity contribution in [2.75, 3.05) is 13.1 Å². The van der Waals surface area contributed by atoms with Crippen molar-refractivity contribution in [3.8, 4) is 0 Å². The van der Waals surface area contributed by atoms with Gasteiger partial charge in [0.05, 0.1) is 0 Å². The smallest absolute Gasteiger partial charge is 0.225 e. The number of alkyl halides is 1. The van der Waals surface area contributed by atoms with Gasteiger partial charge in [0.25, 0.3) is 0 Å². The van der Waals surface area contributed by atoms with Crippen LogP contribution in [0.1, 0.15) is 59.8 Å². The first kappa shape index (κ1) is 16.3. The summed E-state index contributed by atoms with van der Waals surface area (Å²) in [4.78, 5) is 15.3. The zero-order valence-corrected chi connectivity index (χ0v) is 15.1. The van der Waals surface area contributed by atoms with Crippen LogP contribution in [0.3, 0.4) is 0 Å². The molecule has 20 heavy (non-hydrogen) atoms. The predicted molar refractivity (Wildman–Crippen MR) is 88.0 cm³/mol. The zero-order valence-electron chi connectivity index (χ0n) is 13.5. The number of carbonyl (C=O) groups excluding carboxylic acids is 1. The van der Waals surface area contributed by atoms with Gasteiger partial charge < -0.3 is 4.90 Å². The lowest BCUT2D eigenvalue weighted by molar-refractivity contribution is -0.138. The second kappa shape index (κ2) is 6.37. The molecule has 1 aliphatic carbocycles. The normalized spacial score (nSPS) is 36.0. The van der Waals surface area contributed by atoms with Crippen LogP contribution >= 0.6 is 15.9 Å². The van der Waals surface area contributed by atoms with Crippen LogP contribution in [0.25, 0.3) is 0 Å². The number of amides is 1. The Balaban J connectivity index is 1.86. The van der Waals surface area contributed by atoms with E-state index in [1.54, 1.807) is 0 Å². The molecule has 1 saturated heterocycles. The van der Waals surface area contributed by atoms with E-state index in [1.165, 1.54) is 12.8 Å². The Hall–Kier alpha value is -0.0500. The number of rotatable bonds is 1. The third-order valence-corrected chi connectivity index (χ3v) is 6.67. The van der Waals surface area contributed by atoms with Crippen LogP contribution in [0.15, 0.2) is 0 Å². The Kier molecular flexibility index (Phi) is 5.20. The van der Waals surface area contributed by atoms with Gasteiger partial charge in [-0.3, -0.25) is 4.79 Å². The molecular weight excluding hydrogens is 314 g/mol. The minimum absolute atomic E-state index is 0.293. The number of carbonyl (C=O) groups is 1. The fourth-order valence-corrected chi connectivity index (χ4v) is 4.30. The molecule has 2 fully saturated rings. The topological polar surface area (TPSA) is 20.3 Å². The van der Waals surface area contributed by atoms with Crippen molar-refractivity contribution >= 4 is 21.8 Å². The molecule has 2 atom stereocenters. The highest BCUT2D eigenvalue weighted by atomic mass is 79.9. The first-order valence-corrected chi connectivity index (χ1v) is 9.13. The van der Waals surface area contributed by atoms with Gasteiger partial charge in [-0.05, 0) is 49.4 Å². The Bertz CT molecular complexity index is 341. The summed E-state index contributed by atoms with van der Waals surface area (Å²) in [5, 5.41) is 0. The molecule has 2 unspecified atom stereocenters. The average Bonchev–Trinajstić information content (AvgIpc) is 2.40. The standard InChI is InChI=1S/C17H30BrNO/c1-12-9-10-19(11-15(12)18)16(20)13-5-7-14(8-6-13)17(2,3)4/h12-15H,5-11H2,1-4H3. The molecule has 0 bridgehead atoms. The molecule has 1 saturated carbocycles. The second-order valence-electron chi connectivity index (χ2n) is 7.98. The van der Waals surface area contributed by atoms with E-state index < -0.39 is 0 Å². The molecule has 0 aromatic rings. The van der Waals surface area contributed by atoms with Gasteiger partial charge in [-0.15, -0.1) is 0 Å². The van der Waals surface area contributed by atoms with Gasteiger partial charge in [0, 0.05) is 23.8 Å². The lowest BCUT2D eigenvalue weighted by Gasteiger charge is -2.40. The van der Waals surface area contributed by atoms with Gasteiger partial charge in [0.1, 0.15) is 0 Å². The van der Waals surface area contributed by atoms with E-state index in [9.17, 15) is 4.79 Å². The van der Waals surface area contributed by atoms with Gasteiger partial charge in [-0.2, -0.15) is 0 Å². The van der Waals surface area contributed by atoms with Crippen molar-refractivity contribution in [3.63, 3.8) is 0 Å². The van der Waals surface area contributed by atoms with E-state index in [1.807, 2.05) is 0 Å². The van der Waals surface area contributed by atoms with E-state index >= 15 is 0 Å². The zero-order chi connectivity index (χ0) is 14.9. The maximum absolute atomic E-state index is 12.7. The SMILES string of the molecule is CC1CCN(C(=O)C2CCC(C(C)(C)C)CC2)CC1Br. The molecule has 2 nitrogen and oxygen atoms in total. The van der Waals surface area contributed by atoms with Crippen molar-refractivity contribution in [2.45, 2.75) is 64.6 Å². The fourth-order valence-electron chi connectivity index (χ4n) is 3.69. The predicted octanol–water partition coefficient (Wildman–Crippen LogP) is 4.47. The van der Waals surface area contributed by atoms with Gasteiger partial charge in [0.15, 0.2) is 0 Å². The van der Waals surface area contributed by atoms with Crippen LogP contribution in [-0.4, -0.2) is 28.7 Å². The Morgan fingerprint density at radius 3 is 2.20 bits per heavy atom. The summed E-state index contributed by atoms with van der Waals surface area (Å²) in [6.07, 6.45) is 5.78. The first-order valence-electron chi connectivity index (χ1n) is 8.22. The Morgan fingerprint density at radius 1 is 1.10 bits per heavy atom. The molecule has 2 aliphatic rings. The molecule has 0 aromatic carbocycles. The quantitative estimate of drug-likeness (QED) is 0.643. The van der Waals surface area contributed by atoms with Crippen molar-refractivity contribution in [1.29, 1.82) is 0 Å². The Labute approximate surface area is 132 Å². The van der Waals surface area contributed by atoms with Crippen LogP contribution in [0.2, 0.25) is 0 Å². The highest BCUT2D eigenvalue weighted by Gasteiger charge is 2.35. The fraction of sp³-hybridized carbons (Fsp3) is 0.941. The molecule has 0 N–H and O–H groups in total. The van der Waals surface area contributed by atoms with Crippen LogP contribution in [0.4, 0.5) is 0 Å².